The van der Waals surface area contributed by atoms with Crippen LogP contribution in [0.4, 0.5) is 0 Å². The van der Waals surface area contributed by atoms with Gasteiger partial charge in [0, 0.05) is 13.3 Å². The van der Waals surface area contributed by atoms with E-state index in [0.29, 0.717) is 0 Å². The Morgan fingerprint density at radius 3 is 2.88 bits per heavy atom. The highest BCUT2D eigenvalue weighted by atomic mass is 16.7. The molecule has 90 valence electrons. The van der Waals surface area contributed by atoms with Gasteiger partial charge in [0.2, 0.25) is 0 Å². The minimum atomic E-state index is -0.575. The zero-order valence-corrected chi connectivity index (χ0v) is 9.77. The maximum atomic E-state index is 10.9. The molecule has 0 aromatic heterocycles. The number of hydrogen-bond acceptors (Lipinski definition) is 4. The van der Waals surface area contributed by atoms with E-state index in [1.165, 1.54) is 6.92 Å². The summed E-state index contributed by atoms with van der Waals surface area (Å²) in [5, 5.41) is 0. The van der Waals surface area contributed by atoms with Gasteiger partial charge in [0.1, 0.15) is 6.10 Å². The molecule has 0 aromatic carbocycles. The highest BCUT2D eigenvalue weighted by Gasteiger charge is 2.39. The predicted molar refractivity (Wildman–Crippen MR) is 57.8 cm³/mol. The normalized spacial score (nSPS) is 38.6. The van der Waals surface area contributed by atoms with Gasteiger partial charge >= 0.3 is 5.97 Å². The first kappa shape index (κ1) is 11.6. The molecule has 1 fully saturated rings. The van der Waals surface area contributed by atoms with Crippen LogP contribution in [0.25, 0.3) is 0 Å². The number of rotatable bonds is 1. The van der Waals surface area contributed by atoms with Crippen molar-refractivity contribution in [3.05, 3.63) is 12.2 Å². The van der Waals surface area contributed by atoms with Crippen LogP contribution in [0.1, 0.15) is 33.1 Å². The molecule has 2 aliphatic heterocycles. The molecule has 0 N–H and O–H groups in total. The Morgan fingerprint density at radius 2 is 2.31 bits per heavy atom. The van der Waals surface area contributed by atoms with Gasteiger partial charge in [-0.1, -0.05) is 0 Å². The van der Waals surface area contributed by atoms with E-state index in [4.69, 9.17) is 14.2 Å². The molecule has 0 unspecified atom stereocenters. The SMILES string of the molecule is CC(=O)O[C@@H]1C=C[C@]2(CCCCO2)O[C@@H]1C. The van der Waals surface area contributed by atoms with Crippen LogP contribution in [0.15, 0.2) is 12.2 Å². The van der Waals surface area contributed by atoms with Crippen molar-refractivity contribution in [3.8, 4) is 0 Å². The van der Waals surface area contributed by atoms with Crippen molar-refractivity contribution in [2.24, 2.45) is 0 Å². The zero-order valence-electron chi connectivity index (χ0n) is 9.77. The Labute approximate surface area is 95.6 Å². The Morgan fingerprint density at radius 1 is 1.50 bits per heavy atom. The van der Waals surface area contributed by atoms with Crippen LogP contribution < -0.4 is 0 Å². The standard InChI is InChI=1S/C12H18O4/c1-9-11(15-10(2)13)5-7-12(16-9)6-3-4-8-14-12/h5,7,9,11H,3-4,6,8H2,1-2H3/t9-,11-,12+/m1/s1. The van der Waals surface area contributed by atoms with E-state index >= 15 is 0 Å². The van der Waals surface area contributed by atoms with Crippen LogP contribution in [0.2, 0.25) is 0 Å². The first-order chi connectivity index (χ1) is 7.61. The second-order valence-electron chi connectivity index (χ2n) is 4.37. The summed E-state index contributed by atoms with van der Waals surface area (Å²) in [5.74, 6) is -0.862. The third kappa shape index (κ3) is 2.44. The molecule has 1 saturated heterocycles. The lowest BCUT2D eigenvalue weighted by Crippen LogP contribution is -2.47. The molecular weight excluding hydrogens is 208 g/mol. The summed E-state index contributed by atoms with van der Waals surface area (Å²) in [6.45, 7) is 4.04. The summed E-state index contributed by atoms with van der Waals surface area (Å²) in [6, 6.07) is 0. The Kier molecular flexibility index (Phi) is 3.30. The van der Waals surface area contributed by atoms with E-state index < -0.39 is 5.79 Å². The van der Waals surface area contributed by atoms with E-state index in [2.05, 4.69) is 0 Å². The summed E-state index contributed by atoms with van der Waals surface area (Å²) in [6.07, 6.45) is 6.37. The minimum Gasteiger partial charge on any atom is -0.456 e. The van der Waals surface area contributed by atoms with Gasteiger partial charge in [-0.3, -0.25) is 4.79 Å². The number of carbonyl (C=O) groups excluding carboxylic acids is 1. The average molecular weight is 226 g/mol. The maximum Gasteiger partial charge on any atom is 0.303 e. The van der Waals surface area contributed by atoms with Crippen LogP contribution >= 0.6 is 0 Å². The topological polar surface area (TPSA) is 44.8 Å². The highest BCUT2D eigenvalue weighted by Crippen LogP contribution is 2.33. The fraction of sp³-hybridized carbons (Fsp3) is 0.750. The van der Waals surface area contributed by atoms with Crippen molar-refractivity contribution in [3.63, 3.8) is 0 Å². The van der Waals surface area contributed by atoms with Crippen molar-refractivity contribution in [1.29, 1.82) is 0 Å². The zero-order chi connectivity index (χ0) is 11.6. The largest absolute Gasteiger partial charge is 0.456 e. The second kappa shape index (κ2) is 4.55. The molecule has 0 bridgehead atoms. The molecule has 1 spiro atoms. The molecule has 0 aromatic rings. The highest BCUT2D eigenvalue weighted by molar-refractivity contribution is 5.66. The van der Waals surface area contributed by atoms with Crippen molar-refractivity contribution < 1.29 is 19.0 Å². The van der Waals surface area contributed by atoms with E-state index in [1.807, 2.05) is 19.1 Å². The van der Waals surface area contributed by atoms with Gasteiger partial charge in [-0.15, -0.1) is 0 Å². The van der Waals surface area contributed by atoms with Crippen LogP contribution in [-0.2, 0) is 19.0 Å². The van der Waals surface area contributed by atoms with Crippen molar-refractivity contribution in [1.82, 2.24) is 0 Å². The molecule has 2 heterocycles. The monoisotopic (exact) mass is 226 g/mol. The van der Waals surface area contributed by atoms with Crippen molar-refractivity contribution >= 4 is 5.97 Å². The minimum absolute atomic E-state index is 0.160. The summed E-state index contributed by atoms with van der Waals surface area (Å²) in [4.78, 5) is 10.9. The molecule has 3 atom stereocenters. The van der Waals surface area contributed by atoms with E-state index in [-0.39, 0.29) is 18.2 Å². The Balaban J connectivity index is 2.04. The Hall–Kier alpha value is -0.870. The third-order valence-corrected chi connectivity index (χ3v) is 2.96. The second-order valence-corrected chi connectivity index (χ2v) is 4.37. The molecule has 0 saturated carbocycles. The number of ether oxygens (including phenoxy) is 3. The van der Waals surface area contributed by atoms with Crippen molar-refractivity contribution in [2.75, 3.05) is 6.61 Å². The maximum absolute atomic E-state index is 10.9. The van der Waals surface area contributed by atoms with Gasteiger partial charge in [0.25, 0.3) is 0 Å². The van der Waals surface area contributed by atoms with E-state index in [9.17, 15) is 4.79 Å². The van der Waals surface area contributed by atoms with Crippen LogP contribution in [0.5, 0.6) is 0 Å². The molecule has 0 aliphatic carbocycles. The van der Waals surface area contributed by atoms with Gasteiger partial charge in [-0.2, -0.15) is 0 Å². The van der Waals surface area contributed by atoms with E-state index in [0.717, 1.165) is 25.9 Å². The lowest BCUT2D eigenvalue weighted by molar-refractivity contribution is -0.261. The number of hydrogen-bond donors (Lipinski definition) is 0. The van der Waals surface area contributed by atoms with E-state index in [1.54, 1.807) is 0 Å². The number of esters is 1. The fourth-order valence-corrected chi connectivity index (χ4v) is 2.16. The lowest BCUT2D eigenvalue weighted by atomic mass is 10.00. The first-order valence-electron chi connectivity index (χ1n) is 5.80. The summed E-state index contributed by atoms with van der Waals surface area (Å²) < 4.78 is 16.7. The molecule has 16 heavy (non-hydrogen) atoms. The van der Waals surface area contributed by atoms with Gasteiger partial charge in [0.05, 0.1) is 12.7 Å². The molecule has 0 radical (unpaired) electrons. The summed E-state index contributed by atoms with van der Waals surface area (Å²) in [7, 11) is 0. The molecule has 2 rings (SSSR count). The van der Waals surface area contributed by atoms with Crippen molar-refractivity contribution in [2.45, 2.75) is 51.1 Å². The van der Waals surface area contributed by atoms with Gasteiger partial charge in [-0.05, 0) is 31.9 Å². The molecule has 2 aliphatic rings. The lowest BCUT2D eigenvalue weighted by Gasteiger charge is -2.41. The van der Waals surface area contributed by atoms with Crippen LogP contribution in [0.3, 0.4) is 0 Å². The Bertz CT molecular complexity index is 291. The van der Waals surface area contributed by atoms with Gasteiger partial charge in [-0.25, -0.2) is 0 Å². The summed E-state index contributed by atoms with van der Waals surface area (Å²) in [5.41, 5.74) is 0. The number of carbonyl (C=O) groups is 1. The first-order valence-corrected chi connectivity index (χ1v) is 5.80. The quantitative estimate of drug-likeness (QED) is 0.505. The van der Waals surface area contributed by atoms with Gasteiger partial charge in [0.15, 0.2) is 5.79 Å². The van der Waals surface area contributed by atoms with Gasteiger partial charge < -0.3 is 14.2 Å². The smallest absolute Gasteiger partial charge is 0.303 e. The fourth-order valence-electron chi connectivity index (χ4n) is 2.16. The molecule has 4 nitrogen and oxygen atoms in total. The van der Waals surface area contributed by atoms with Crippen LogP contribution in [0, 0.1) is 0 Å². The predicted octanol–water partition coefficient (Wildman–Crippen LogP) is 1.79. The summed E-state index contributed by atoms with van der Waals surface area (Å²) >= 11 is 0. The third-order valence-electron chi connectivity index (χ3n) is 2.96. The molecule has 0 amide bonds. The molecule has 4 heteroatoms. The van der Waals surface area contributed by atoms with Crippen LogP contribution in [-0.4, -0.2) is 30.6 Å². The molecular formula is C12H18O4. The average Bonchev–Trinajstić information content (AvgIpc) is 2.23.